The van der Waals surface area contributed by atoms with E-state index < -0.39 is 60.5 Å². The molecule has 1 saturated heterocycles. The van der Waals surface area contributed by atoms with Crippen LogP contribution in [0.15, 0.2) is 12.7 Å². The van der Waals surface area contributed by atoms with Gasteiger partial charge in [-0.05, 0) is 18.4 Å². The number of aliphatic hydroxyl groups excluding tert-OH is 2. The second-order valence-electron chi connectivity index (χ2n) is 7.03. The largest absolute Gasteiger partial charge is 0.480 e. The minimum Gasteiger partial charge on any atom is -0.480 e. The number of thiol groups is 1. The van der Waals surface area contributed by atoms with Gasteiger partial charge in [0.25, 0.3) is 0 Å². The van der Waals surface area contributed by atoms with Crippen LogP contribution < -0.4 is 11.5 Å². The van der Waals surface area contributed by atoms with Crippen LogP contribution in [0.25, 0.3) is 11.2 Å². The van der Waals surface area contributed by atoms with Gasteiger partial charge in [0.05, 0.1) is 12.9 Å². The van der Waals surface area contributed by atoms with Crippen LogP contribution in [0, 0.1) is 0 Å². The quantitative estimate of drug-likeness (QED) is 0.162. The highest BCUT2D eigenvalue weighted by Crippen LogP contribution is 2.65. The van der Waals surface area contributed by atoms with E-state index >= 15 is 0 Å². The average Bonchev–Trinajstić information content (AvgIpc) is 3.27. The van der Waals surface area contributed by atoms with Crippen LogP contribution >= 0.6 is 17.3 Å². The van der Waals surface area contributed by atoms with E-state index in [-0.39, 0.29) is 23.6 Å². The van der Waals surface area contributed by atoms with Gasteiger partial charge in [-0.1, -0.05) is 0 Å². The number of nitrogen functional groups attached to an aromatic ring is 1. The molecule has 3 rings (SSSR count). The predicted octanol–water partition coefficient (Wildman–Crippen LogP) is -1.42. The van der Waals surface area contributed by atoms with E-state index in [1.54, 1.807) is 0 Å². The molecule has 16 heteroatoms. The molecule has 2 aromatic heterocycles. The Bertz CT molecular complexity index is 994. The number of aromatic nitrogens is 4. The van der Waals surface area contributed by atoms with E-state index in [2.05, 4.69) is 15.0 Å². The standard InChI is InChI=1S/C15H25N6O8PS/c1-31(3-2-7(16)15(24)25)30(26,27)28-4-8-10(22)11(23)14(29-8)21-6-20-9-12(17)18-5-19-13(9)21/h5-8,10-11,14,22-23,31H,2-4,16H2,1H3,(H,24,25)(H,26,27)(H2,17,18,19)/t7-,8+,10+,11+,14+/m0/s1. The number of anilines is 1. The van der Waals surface area contributed by atoms with Crippen molar-refractivity contribution >= 4 is 40.3 Å². The first-order valence-electron chi connectivity index (χ1n) is 9.15. The fourth-order valence-corrected chi connectivity index (χ4v) is 6.34. The number of imidazole rings is 1. The number of nitrogens with zero attached hydrogens (tertiary/aromatic N) is 4. The number of aliphatic hydroxyl groups is 2. The summed E-state index contributed by atoms with van der Waals surface area (Å²) in [5.41, 5.74) is 11.7. The summed E-state index contributed by atoms with van der Waals surface area (Å²) in [7, 11) is -1.60. The van der Waals surface area contributed by atoms with Crippen LogP contribution in [0.2, 0.25) is 0 Å². The lowest BCUT2D eigenvalue weighted by Crippen LogP contribution is -2.33. The van der Waals surface area contributed by atoms with Gasteiger partial charge in [0, 0.05) is 0 Å². The van der Waals surface area contributed by atoms with Gasteiger partial charge < -0.3 is 36.4 Å². The number of carboxylic acids is 1. The SMILES string of the molecule is C[SH](CC[C@H](N)C(=O)O)P(=O)(O)OC[C@H]1O[C@@H](n2cnc3c(N)ncnc32)[C@H](O)[C@@H]1O. The third-order valence-electron chi connectivity index (χ3n) is 4.92. The van der Waals surface area contributed by atoms with Crippen molar-refractivity contribution in [1.82, 2.24) is 19.5 Å². The summed E-state index contributed by atoms with van der Waals surface area (Å²) in [6, 6.07) is -1.14. The molecule has 0 aliphatic carbocycles. The number of fused-ring (bicyclic) bond motifs is 1. The number of aliphatic carboxylic acids is 1. The molecule has 0 saturated carbocycles. The zero-order valence-electron chi connectivity index (χ0n) is 16.4. The molecule has 0 radical (unpaired) electrons. The molecule has 31 heavy (non-hydrogen) atoms. The Morgan fingerprint density at radius 2 is 2.10 bits per heavy atom. The Balaban J connectivity index is 1.64. The highest BCUT2D eigenvalue weighted by atomic mass is 32.8. The van der Waals surface area contributed by atoms with Crippen LogP contribution in [0.4, 0.5) is 5.82 Å². The highest BCUT2D eigenvalue weighted by Gasteiger charge is 2.45. The van der Waals surface area contributed by atoms with Gasteiger partial charge in [-0.2, -0.15) is 10.5 Å². The first-order chi connectivity index (χ1) is 14.5. The van der Waals surface area contributed by atoms with Crippen LogP contribution in [-0.4, -0.2) is 88.7 Å². The molecular weight excluding hydrogens is 455 g/mol. The maximum Gasteiger partial charge on any atom is 0.366 e. The molecule has 2 aromatic rings. The molecule has 1 aliphatic heterocycles. The topological polar surface area (TPSA) is 229 Å². The molecule has 7 atom stereocenters. The molecule has 1 aliphatic rings. The maximum absolute atomic E-state index is 12.5. The monoisotopic (exact) mass is 480 g/mol. The van der Waals surface area contributed by atoms with E-state index in [1.165, 1.54) is 23.5 Å². The summed E-state index contributed by atoms with van der Waals surface area (Å²) < 4.78 is 24.7. The number of carbonyl (C=O) groups is 1. The molecule has 14 nitrogen and oxygen atoms in total. The van der Waals surface area contributed by atoms with Crippen molar-refractivity contribution in [2.45, 2.75) is 37.0 Å². The van der Waals surface area contributed by atoms with Crippen molar-refractivity contribution in [3.8, 4) is 0 Å². The van der Waals surface area contributed by atoms with Crippen molar-refractivity contribution in [2.75, 3.05) is 24.3 Å². The fraction of sp³-hybridized carbons (Fsp3) is 0.600. The van der Waals surface area contributed by atoms with Gasteiger partial charge in [-0.3, -0.25) is 13.9 Å². The van der Waals surface area contributed by atoms with Gasteiger partial charge in [-0.15, -0.1) is 0 Å². The number of hydrogen-bond acceptors (Lipinski definition) is 11. The van der Waals surface area contributed by atoms with Crippen molar-refractivity contribution in [2.24, 2.45) is 5.73 Å². The third kappa shape index (κ3) is 4.99. The smallest absolute Gasteiger partial charge is 0.366 e. The Labute approximate surface area is 178 Å². The first-order valence-corrected chi connectivity index (χ1v) is 13.4. The minimum atomic E-state index is -4.11. The Kier molecular flexibility index (Phi) is 7.18. The second kappa shape index (κ2) is 9.34. The van der Waals surface area contributed by atoms with Crippen molar-refractivity contribution in [3.05, 3.63) is 12.7 Å². The lowest BCUT2D eigenvalue weighted by Gasteiger charge is -2.24. The molecule has 8 N–H and O–H groups in total. The van der Waals surface area contributed by atoms with Crippen molar-refractivity contribution in [1.29, 1.82) is 0 Å². The Morgan fingerprint density at radius 3 is 2.77 bits per heavy atom. The molecule has 2 unspecified atom stereocenters. The Hall–Kier alpha value is -1.84. The van der Waals surface area contributed by atoms with Gasteiger partial charge in [0.15, 0.2) is 17.7 Å². The Morgan fingerprint density at radius 1 is 1.39 bits per heavy atom. The summed E-state index contributed by atoms with van der Waals surface area (Å²) in [4.78, 5) is 32.9. The van der Waals surface area contributed by atoms with E-state index in [0.29, 0.717) is 5.52 Å². The van der Waals surface area contributed by atoms with Crippen LogP contribution in [-0.2, 0) is 18.6 Å². The van der Waals surface area contributed by atoms with Gasteiger partial charge in [0.2, 0.25) is 0 Å². The third-order valence-corrected chi connectivity index (χ3v) is 10.7. The first kappa shape index (κ1) is 23.8. The summed E-state index contributed by atoms with van der Waals surface area (Å²) in [6.07, 6.45) is -0.936. The zero-order chi connectivity index (χ0) is 22.9. The van der Waals surface area contributed by atoms with Crippen LogP contribution in [0.5, 0.6) is 0 Å². The second-order valence-corrected chi connectivity index (χ2v) is 13.6. The maximum atomic E-state index is 12.5. The number of hydrogen-bond donors (Lipinski definition) is 7. The summed E-state index contributed by atoms with van der Waals surface area (Å²) >= 11 is 0. The van der Waals surface area contributed by atoms with E-state index in [4.69, 9.17) is 25.8 Å². The van der Waals surface area contributed by atoms with E-state index in [9.17, 15) is 24.5 Å². The van der Waals surface area contributed by atoms with E-state index in [1.807, 2.05) is 0 Å². The number of rotatable bonds is 9. The summed E-state index contributed by atoms with van der Waals surface area (Å²) in [6.45, 7) is -4.58. The summed E-state index contributed by atoms with van der Waals surface area (Å²) in [5, 5.41) is 29.6. The number of ether oxygens (including phenoxy) is 1. The van der Waals surface area contributed by atoms with Crippen molar-refractivity contribution in [3.63, 3.8) is 0 Å². The van der Waals surface area contributed by atoms with Crippen LogP contribution in [0.3, 0.4) is 0 Å². The molecular formula is C15H25N6O8PS. The highest BCUT2D eigenvalue weighted by molar-refractivity contribution is 8.65. The fourth-order valence-electron chi connectivity index (χ4n) is 3.00. The molecule has 0 aromatic carbocycles. The lowest BCUT2D eigenvalue weighted by molar-refractivity contribution is -0.138. The predicted molar refractivity (Wildman–Crippen MR) is 111 cm³/mol. The van der Waals surface area contributed by atoms with Gasteiger partial charge >= 0.3 is 12.8 Å². The van der Waals surface area contributed by atoms with E-state index in [0.717, 1.165) is 0 Å². The van der Waals surface area contributed by atoms with Crippen LogP contribution in [0.1, 0.15) is 12.6 Å². The normalized spacial score (nSPS) is 28.4. The summed E-state index contributed by atoms with van der Waals surface area (Å²) in [5.74, 6) is -0.951. The molecule has 174 valence electrons. The van der Waals surface area contributed by atoms with Crippen molar-refractivity contribution < 1.29 is 38.8 Å². The minimum absolute atomic E-state index is 0.0213. The molecule has 3 heterocycles. The molecule has 0 amide bonds. The lowest BCUT2D eigenvalue weighted by atomic mass is 10.1. The van der Waals surface area contributed by atoms with Gasteiger partial charge in [0.1, 0.15) is 36.2 Å². The molecule has 0 bridgehead atoms. The number of carboxylic acid groups (broad SMARTS) is 1. The molecule has 0 spiro atoms. The molecule has 1 fully saturated rings. The average molecular weight is 480 g/mol. The zero-order valence-corrected chi connectivity index (χ0v) is 18.2. The van der Waals surface area contributed by atoms with Gasteiger partial charge in [-0.25, -0.2) is 19.5 Å². The number of nitrogens with two attached hydrogens (primary N) is 2.